The van der Waals surface area contributed by atoms with E-state index in [1.807, 2.05) is 6.20 Å². The van der Waals surface area contributed by atoms with Crippen LogP contribution >= 0.6 is 35.3 Å². The minimum atomic E-state index is -4.31. The molecule has 0 aliphatic carbocycles. The van der Waals surface area contributed by atoms with Crippen molar-refractivity contribution in [2.24, 2.45) is 4.99 Å². The van der Waals surface area contributed by atoms with E-state index in [2.05, 4.69) is 27.5 Å². The Hall–Kier alpha value is -1.36. The molecule has 2 aromatic rings. The zero-order chi connectivity index (χ0) is 18.3. The van der Waals surface area contributed by atoms with E-state index in [-0.39, 0.29) is 24.0 Å². The Labute approximate surface area is 172 Å². The molecule has 0 spiro atoms. The van der Waals surface area contributed by atoms with Crippen LogP contribution in [0.4, 0.5) is 13.2 Å². The van der Waals surface area contributed by atoms with Gasteiger partial charge in [0.05, 0.1) is 10.6 Å². The number of rotatable bonds is 6. The number of benzene rings is 1. The van der Waals surface area contributed by atoms with Gasteiger partial charge in [-0.25, -0.2) is 4.98 Å². The fourth-order valence-electron chi connectivity index (χ4n) is 2.13. The molecule has 2 N–H and O–H groups in total. The van der Waals surface area contributed by atoms with Gasteiger partial charge in [-0.15, -0.1) is 35.3 Å². The summed E-state index contributed by atoms with van der Waals surface area (Å²) in [5.74, 6) is 0.604. The third-order valence-electron chi connectivity index (χ3n) is 3.55. The lowest BCUT2D eigenvalue weighted by molar-refractivity contribution is -0.137. The van der Waals surface area contributed by atoms with Crippen molar-refractivity contribution in [1.82, 2.24) is 15.6 Å². The molecule has 4 nitrogen and oxygen atoms in total. The van der Waals surface area contributed by atoms with Crippen LogP contribution in [0.1, 0.15) is 27.9 Å². The first-order valence-corrected chi connectivity index (χ1v) is 8.78. The highest BCUT2D eigenvalue weighted by Crippen LogP contribution is 2.29. The lowest BCUT2D eigenvalue weighted by atomic mass is 10.1. The van der Waals surface area contributed by atoms with E-state index in [0.29, 0.717) is 19.0 Å². The van der Waals surface area contributed by atoms with Gasteiger partial charge < -0.3 is 10.6 Å². The van der Waals surface area contributed by atoms with E-state index in [4.69, 9.17) is 0 Å². The minimum Gasteiger partial charge on any atom is -0.356 e. The predicted molar refractivity (Wildman–Crippen MR) is 110 cm³/mol. The molecule has 2 rings (SSSR count). The number of nitrogens with zero attached hydrogens (tertiary/aromatic N) is 2. The molecule has 0 bridgehead atoms. The van der Waals surface area contributed by atoms with Crippen molar-refractivity contribution >= 4 is 41.3 Å². The third kappa shape index (κ3) is 7.10. The van der Waals surface area contributed by atoms with Crippen LogP contribution in [-0.2, 0) is 25.6 Å². The molecular weight excluding hydrogens is 476 g/mol. The molecule has 0 radical (unpaired) electrons. The van der Waals surface area contributed by atoms with Crippen LogP contribution in [0.2, 0.25) is 0 Å². The van der Waals surface area contributed by atoms with Crippen molar-refractivity contribution in [3.8, 4) is 0 Å². The predicted octanol–water partition coefficient (Wildman–Crippen LogP) is 4.25. The summed E-state index contributed by atoms with van der Waals surface area (Å²) in [6.07, 6.45) is -0.623. The molecule has 0 amide bonds. The van der Waals surface area contributed by atoms with Gasteiger partial charge in [-0.1, -0.05) is 19.1 Å². The molecule has 0 saturated carbocycles. The highest BCUT2D eigenvalue weighted by Gasteiger charge is 2.29. The van der Waals surface area contributed by atoms with Crippen molar-refractivity contribution in [2.75, 3.05) is 13.6 Å². The van der Waals surface area contributed by atoms with E-state index in [9.17, 15) is 13.2 Å². The Kier molecular flexibility index (Phi) is 9.34. The second kappa shape index (κ2) is 10.7. The summed E-state index contributed by atoms with van der Waals surface area (Å²) >= 11 is 1.70. The maximum Gasteiger partial charge on any atom is 0.416 e. The Morgan fingerprint density at radius 2 is 1.88 bits per heavy atom. The number of thiazole rings is 1. The van der Waals surface area contributed by atoms with Gasteiger partial charge in [0.25, 0.3) is 0 Å². The maximum absolute atomic E-state index is 12.5. The van der Waals surface area contributed by atoms with Gasteiger partial charge in [0.1, 0.15) is 0 Å². The summed E-state index contributed by atoms with van der Waals surface area (Å²) in [6.45, 7) is 3.18. The summed E-state index contributed by atoms with van der Waals surface area (Å²) in [5.41, 5.74) is 0.108. The summed E-state index contributed by atoms with van der Waals surface area (Å²) < 4.78 is 37.6. The molecule has 0 unspecified atom stereocenters. The first-order chi connectivity index (χ1) is 11.9. The van der Waals surface area contributed by atoms with Crippen molar-refractivity contribution in [2.45, 2.75) is 32.5 Å². The minimum absolute atomic E-state index is 0. The quantitative estimate of drug-likeness (QED) is 0.356. The van der Waals surface area contributed by atoms with Gasteiger partial charge in [0.15, 0.2) is 5.96 Å². The first-order valence-electron chi connectivity index (χ1n) is 7.96. The number of halogens is 4. The lowest BCUT2D eigenvalue weighted by Crippen LogP contribution is -2.37. The van der Waals surface area contributed by atoms with Gasteiger partial charge in [0, 0.05) is 37.6 Å². The van der Waals surface area contributed by atoms with E-state index in [1.165, 1.54) is 17.0 Å². The van der Waals surface area contributed by atoms with Crippen LogP contribution in [0.25, 0.3) is 0 Å². The zero-order valence-electron chi connectivity index (χ0n) is 14.6. The first kappa shape index (κ1) is 22.7. The molecule has 0 saturated heterocycles. The Bertz CT molecular complexity index is 699. The summed E-state index contributed by atoms with van der Waals surface area (Å²) in [6, 6.07) is 5.10. The Morgan fingerprint density at radius 3 is 2.42 bits per heavy atom. The highest BCUT2D eigenvalue weighted by molar-refractivity contribution is 14.0. The smallest absolute Gasteiger partial charge is 0.356 e. The van der Waals surface area contributed by atoms with Crippen LogP contribution in [0.5, 0.6) is 0 Å². The van der Waals surface area contributed by atoms with Crippen LogP contribution in [0.3, 0.4) is 0 Å². The summed E-state index contributed by atoms with van der Waals surface area (Å²) in [4.78, 5) is 9.73. The number of aryl methyl sites for hydroxylation is 1. The van der Waals surface area contributed by atoms with Crippen molar-refractivity contribution < 1.29 is 13.2 Å². The summed E-state index contributed by atoms with van der Waals surface area (Å²) in [7, 11) is 1.65. The standard InChI is InChI=1S/C17H21F3N4S.HI/c1-3-14-11-23-15(25-14)8-9-22-16(21-2)24-10-12-4-6-13(7-5-12)17(18,19)20;/h4-7,11H,3,8-10H2,1-2H3,(H2,21,22,24);1H. The van der Waals surface area contributed by atoms with Gasteiger partial charge >= 0.3 is 6.18 Å². The van der Waals surface area contributed by atoms with E-state index in [0.717, 1.165) is 35.5 Å². The molecule has 0 atom stereocenters. The van der Waals surface area contributed by atoms with Crippen molar-refractivity contribution in [3.05, 3.63) is 51.5 Å². The number of aromatic nitrogens is 1. The maximum atomic E-state index is 12.5. The Morgan fingerprint density at radius 1 is 1.19 bits per heavy atom. The van der Waals surface area contributed by atoms with Crippen molar-refractivity contribution in [1.29, 1.82) is 0 Å². The summed E-state index contributed by atoms with van der Waals surface area (Å²) in [5, 5.41) is 7.34. The van der Waals surface area contributed by atoms with Crippen LogP contribution < -0.4 is 10.6 Å². The number of hydrogen-bond acceptors (Lipinski definition) is 3. The molecule has 26 heavy (non-hydrogen) atoms. The number of guanidine groups is 1. The topological polar surface area (TPSA) is 49.3 Å². The average Bonchev–Trinajstić information content (AvgIpc) is 3.05. The molecule has 9 heteroatoms. The van der Waals surface area contributed by atoms with Gasteiger partial charge in [0.2, 0.25) is 0 Å². The highest BCUT2D eigenvalue weighted by atomic mass is 127. The fraction of sp³-hybridized carbons (Fsp3) is 0.412. The fourth-order valence-corrected chi connectivity index (χ4v) is 2.99. The number of aliphatic imine (C=N–C) groups is 1. The Balaban J connectivity index is 0.00000338. The van der Waals surface area contributed by atoms with Gasteiger partial charge in [-0.3, -0.25) is 4.99 Å². The second-order valence-corrected chi connectivity index (χ2v) is 6.57. The molecule has 0 aliphatic rings. The molecule has 0 fully saturated rings. The zero-order valence-corrected chi connectivity index (χ0v) is 17.7. The number of hydrogen-bond donors (Lipinski definition) is 2. The SMILES string of the molecule is CCc1cnc(CCNC(=NC)NCc2ccc(C(F)(F)F)cc2)s1.I. The van der Waals surface area contributed by atoms with E-state index < -0.39 is 11.7 Å². The number of alkyl halides is 3. The lowest BCUT2D eigenvalue weighted by Gasteiger charge is -2.12. The van der Waals surface area contributed by atoms with E-state index in [1.54, 1.807) is 18.4 Å². The molecule has 1 heterocycles. The molecular formula is C17H22F3IN4S. The third-order valence-corrected chi connectivity index (χ3v) is 4.75. The van der Waals surface area contributed by atoms with Gasteiger partial charge in [-0.05, 0) is 24.1 Å². The van der Waals surface area contributed by atoms with Crippen molar-refractivity contribution in [3.63, 3.8) is 0 Å². The number of nitrogens with one attached hydrogen (secondary N) is 2. The molecule has 1 aromatic heterocycles. The molecule has 144 valence electrons. The largest absolute Gasteiger partial charge is 0.416 e. The van der Waals surface area contributed by atoms with Crippen LogP contribution in [0.15, 0.2) is 35.5 Å². The monoisotopic (exact) mass is 498 g/mol. The average molecular weight is 498 g/mol. The van der Waals surface area contributed by atoms with E-state index >= 15 is 0 Å². The van der Waals surface area contributed by atoms with Crippen LogP contribution in [0, 0.1) is 0 Å². The molecule has 1 aromatic carbocycles. The van der Waals surface area contributed by atoms with Crippen LogP contribution in [-0.4, -0.2) is 24.5 Å². The molecule has 0 aliphatic heterocycles. The second-order valence-electron chi connectivity index (χ2n) is 5.37. The van der Waals surface area contributed by atoms with Gasteiger partial charge in [-0.2, -0.15) is 13.2 Å². The normalized spacial score (nSPS) is 11.8.